The number of para-hydroxylation sites is 1. The van der Waals surface area contributed by atoms with E-state index in [0.717, 1.165) is 16.4 Å². The van der Waals surface area contributed by atoms with Crippen LogP contribution in [-0.4, -0.2) is 37.8 Å². The van der Waals surface area contributed by atoms with Gasteiger partial charge in [0.25, 0.3) is 5.91 Å². The molecule has 0 aliphatic rings. The van der Waals surface area contributed by atoms with Crippen LogP contribution in [0.15, 0.2) is 77.7 Å². The SMILES string of the molecule is CCN(CC)S(=O)(=O)c1cc(C(=O)Nc2ccc(NC(=O)Nc3ccccc3)cc2)ccc1F. The summed E-state index contributed by atoms with van der Waals surface area (Å²) in [5.74, 6) is -1.52. The topological polar surface area (TPSA) is 108 Å². The predicted molar refractivity (Wildman–Crippen MR) is 130 cm³/mol. The van der Waals surface area contributed by atoms with Crippen molar-refractivity contribution >= 4 is 39.0 Å². The van der Waals surface area contributed by atoms with Gasteiger partial charge in [0.2, 0.25) is 10.0 Å². The zero-order chi connectivity index (χ0) is 24.7. The van der Waals surface area contributed by atoms with Gasteiger partial charge in [-0.25, -0.2) is 17.6 Å². The summed E-state index contributed by atoms with van der Waals surface area (Å²) in [6.45, 7) is 3.66. The molecule has 3 aromatic carbocycles. The predicted octanol–water partition coefficient (Wildman–Crippen LogP) is 4.75. The quantitative estimate of drug-likeness (QED) is 0.429. The van der Waals surface area contributed by atoms with E-state index in [1.807, 2.05) is 6.07 Å². The van der Waals surface area contributed by atoms with Crippen molar-refractivity contribution in [2.24, 2.45) is 0 Å². The number of benzene rings is 3. The summed E-state index contributed by atoms with van der Waals surface area (Å²) >= 11 is 0. The van der Waals surface area contributed by atoms with Crippen LogP contribution in [0.25, 0.3) is 0 Å². The minimum atomic E-state index is -4.07. The molecule has 0 spiro atoms. The number of carbonyl (C=O) groups is 2. The highest BCUT2D eigenvalue weighted by atomic mass is 32.2. The lowest BCUT2D eigenvalue weighted by Gasteiger charge is -2.19. The maximum atomic E-state index is 14.3. The van der Waals surface area contributed by atoms with Crippen LogP contribution in [0.5, 0.6) is 0 Å². The number of nitrogens with one attached hydrogen (secondary N) is 3. The number of sulfonamides is 1. The molecule has 3 aromatic rings. The number of halogens is 1. The van der Waals surface area contributed by atoms with Gasteiger partial charge in [0.05, 0.1) is 0 Å². The van der Waals surface area contributed by atoms with Crippen LogP contribution in [0.3, 0.4) is 0 Å². The molecule has 0 atom stereocenters. The molecule has 8 nitrogen and oxygen atoms in total. The average molecular weight is 485 g/mol. The van der Waals surface area contributed by atoms with E-state index in [2.05, 4.69) is 16.0 Å². The number of nitrogens with zero attached hydrogens (tertiary/aromatic N) is 1. The molecule has 0 aliphatic carbocycles. The summed E-state index contributed by atoms with van der Waals surface area (Å²) in [6.07, 6.45) is 0. The minimum absolute atomic E-state index is 0.00317. The molecule has 0 fully saturated rings. The lowest BCUT2D eigenvalue weighted by Crippen LogP contribution is -2.31. The van der Waals surface area contributed by atoms with Crippen molar-refractivity contribution in [3.05, 3.63) is 84.2 Å². The van der Waals surface area contributed by atoms with Gasteiger partial charge in [-0.2, -0.15) is 4.31 Å². The van der Waals surface area contributed by atoms with Crippen molar-refractivity contribution in [1.82, 2.24) is 4.31 Å². The standard InChI is InChI=1S/C24H25FN4O4S/c1-3-29(4-2)34(32,33)22-16-17(10-15-21(22)25)23(30)26-19-11-13-20(14-12-19)28-24(31)27-18-8-6-5-7-9-18/h5-16H,3-4H2,1-2H3,(H,26,30)(H2,27,28,31). The number of amides is 3. The van der Waals surface area contributed by atoms with Crippen molar-refractivity contribution in [3.63, 3.8) is 0 Å². The number of hydrogen-bond donors (Lipinski definition) is 3. The largest absolute Gasteiger partial charge is 0.323 e. The van der Waals surface area contributed by atoms with Crippen LogP contribution < -0.4 is 16.0 Å². The van der Waals surface area contributed by atoms with Crippen molar-refractivity contribution in [1.29, 1.82) is 0 Å². The summed E-state index contributed by atoms with van der Waals surface area (Å²) in [5.41, 5.74) is 1.56. The Morgan fingerprint density at radius 1 is 0.794 bits per heavy atom. The number of carbonyl (C=O) groups excluding carboxylic acids is 2. The van der Waals surface area contributed by atoms with Crippen molar-refractivity contribution in [2.45, 2.75) is 18.7 Å². The molecule has 178 valence electrons. The Labute approximate surface area is 197 Å². The molecule has 3 amide bonds. The van der Waals surface area contributed by atoms with E-state index >= 15 is 0 Å². The Hall–Kier alpha value is -3.76. The highest BCUT2D eigenvalue weighted by Gasteiger charge is 2.26. The van der Waals surface area contributed by atoms with E-state index in [9.17, 15) is 22.4 Å². The van der Waals surface area contributed by atoms with Gasteiger partial charge < -0.3 is 16.0 Å². The van der Waals surface area contributed by atoms with Crippen LogP contribution in [0.4, 0.5) is 26.2 Å². The van der Waals surface area contributed by atoms with E-state index < -0.39 is 32.7 Å². The molecule has 0 unspecified atom stereocenters. The first kappa shape index (κ1) is 24.9. The van der Waals surface area contributed by atoms with Gasteiger partial charge in [-0.1, -0.05) is 32.0 Å². The Kier molecular flexibility index (Phi) is 7.98. The fourth-order valence-electron chi connectivity index (χ4n) is 3.20. The van der Waals surface area contributed by atoms with Gasteiger partial charge in [0.1, 0.15) is 10.7 Å². The summed E-state index contributed by atoms with van der Waals surface area (Å²) in [4.78, 5) is 24.2. The molecule has 3 rings (SSSR count). The van der Waals surface area contributed by atoms with E-state index in [1.54, 1.807) is 62.4 Å². The summed E-state index contributed by atoms with van der Waals surface area (Å²) < 4.78 is 40.8. The number of urea groups is 1. The van der Waals surface area contributed by atoms with Gasteiger partial charge in [-0.3, -0.25) is 4.79 Å². The highest BCUT2D eigenvalue weighted by Crippen LogP contribution is 2.22. The van der Waals surface area contributed by atoms with Crippen LogP contribution in [0.1, 0.15) is 24.2 Å². The van der Waals surface area contributed by atoms with Crippen LogP contribution >= 0.6 is 0 Å². The molecule has 0 aromatic heterocycles. The molecular weight excluding hydrogens is 459 g/mol. The maximum absolute atomic E-state index is 14.3. The third-order valence-corrected chi connectivity index (χ3v) is 7.01. The monoisotopic (exact) mass is 484 g/mol. The summed E-state index contributed by atoms with van der Waals surface area (Å²) in [6, 6.07) is 18.1. The molecule has 10 heteroatoms. The first-order valence-corrected chi connectivity index (χ1v) is 12.0. The number of anilines is 3. The molecule has 0 heterocycles. The number of rotatable bonds is 8. The molecule has 0 saturated carbocycles. The molecular formula is C24H25FN4O4S. The Morgan fingerprint density at radius 2 is 1.32 bits per heavy atom. The normalized spacial score (nSPS) is 11.2. The van der Waals surface area contributed by atoms with Gasteiger partial charge in [0, 0.05) is 35.7 Å². The molecule has 0 aliphatic heterocycles. The fraction of sp³-hybridized carbons (Fsp3) is 0.167. The first-order chi connectivity index (χ1) is 16.2. The van der Waals surface area contributed by atoms with E-state index in [1.165, 1.54) is 6.07 Å². The lowest BCUT2D eigenvalue weighted by atomic mass is 10.2. The molecule has 0 radical (unpaired) electrons. The van der Waals surface area contributed by atoms with Gasteiger partial charge in [-0.05, 0) is 54.6 Å². The minimum Gasteiger partial charge on any atom is -0.322 e. The first-order valence-electron chi connectivity index (χ1n) is 10.6. The average Bonchev–Trinajstić information content (AvgIpc) is 2.81. The van der Waals surface area contributed by atoms with Crippen LogP contribution in [0.2, 0.25) is 0 Å². The molecule has 0 bridgehead atoms. The van der Waals surface area contributed by atoms with Gasteiger partial charge >= 0.3 is 6.03 Å². The molecule has 34 heavy (non-hydrogen) atoms. The van der Waals surface area contributed by atoms with E-state index in [4.69, 9.17) is 0 Å². The van der Waals surface area contributed by atoms with Gasteiger partial charge in [-0.15, -0.1) is 0 Å². The Bertz CT molecular complexity index is 1260. The van der Waals surface area contributed by atoms with Crippen LogP contribution in [0, 0.1) is 5.82 Å². The van der Waals surface area contributed by atoms with Crippen molar-refractivity contribution in [3.8, 4) is 0 Å². The van der Waals surface area contributed by atoms with Crippen LogP contribution in [-0.2, 0) is 10.0 Å². The smallest absolute Gasteiger partial charge is 0.322 e. The third kappa shape index (κ3) is 5.97. The van der Waals surface area contributed by atoms with E-state index in [0.29, 0.717) is 17.1 Å². The Balaban J connectivity index is 1.68. The summed E-state index contributed by atoms with van der Waals surface area (Å²) in [5, 5.41) is 8.01. The Morgan fingerprint density at radius 3 is 1.88 bits per heavy atom. The summed E-state index contributed by atoms with van der Waals surface area (Å²) in [7, 11) is -4.07. The zero-order valence-corrected chi connectivity index (χ0v) is 19.5. The second-order valence-corrected chi connectivity index (χ2v) is 9.12. The van der Waals surface area contributed by atoms with Crippen molar-refractivity contribution in [2.75, 3.05) is 29.0 Å². The second-order valence-electron chi connectivity index (χ2n) is 7.21. The second kappa shape index (κ2) is 10.9. The molecule has 0 saturated heterocycles. The zero-order valence-electron chi connectivity index (χ0n) is 18.7. The third-order valence-electron chi connectivity index (χ3n) is 4.95. The van der Waals surface area contributed by atoms with Gasteiger partial charge in [0.15, 0.2) is 0 Å². The molecule has 3 N–H and O–H groups in total. The fourth-order valence-corrected chi connectivity index (χ4v) is 4.75. The lowest BCUT2D eigenvalue weighted by molar-refractivity contribution is 0.102. The maximum Gasteiger partial charge on any atom is 0.323 e. The highest BCUT2D eigenvalue weighted by molar-refractivity contribution is 7.89. The number of hydrogen-bond acceptors (Lipinski definition) is 4. The van der Waals surface area contributed by atoms with Crippen molar-refractivity contribution < 1.29 is 22.4 Å². The van der Waals surface area contributed by atoms with E-state index in [-0.39, 0.29) is 18.7 Å².